The molecule has 0 radical (unpaired) electrons. The van der Waals surface area contributed by atoms with E-state index in [1.54, 1.807) is 6.20 Å². The number of hydrogen-bond acceptors (Lipinski definition) is 2. The number of halogens is 2. The van der Waals surface area contributed by atoms with Gasteiger partial charge in [0.15, 0.2) is 0 Å². The SMILES string of the molecule is CCNC(CCc1nccn1C)c1cc(F)cc(F)c1. The van der Waals surface area contributed by atoms with Gasteiger partial charge in [-0.3, -0.25) is 0 Å². The highest BCUT2D eigenvalue weighted by Gasteiger charge is 2.14. The van der Waals surface area contributed by atoms with Gasteiger partial charge >= 0.3 is 0 Å². The van der Waals surface area contributed by atoms with Crippen molar-refractivity contribution in [3.05, 3.63) is 53.6 Å². The monoisotopic (exact) mass is 279 g/mol. The molecule has 0 bridgehead atoms. The molecule has 1 aromatic heterocycles. The Morgan fingerprint density at radius 1 is 1.25 bits per heavy atom. The molecule has 1 heterocycles. The van der Waals surface area contributed by atoms with E-state index < -0.39 is 11.6 Å². The molecule has 0 aliphatic rings. The Hall–Kier alpha value is -1.75. The number of nitrogens with one attached hydrogen (secondary N) is 1. The molecule has 3 nitrogen and oxygen atoms in total. The quantitative estimate of drug-likeness (QED) is 0.881. The highest BCUT2D eigenvalue weighted by Crippen LogP contribution is 2.21. The van der Waals surface area contributed by atoms with Crippen LogP contribution in [-0.2, 0) is 13.5 Å². The van der Waals surface area contributed by atoms with Crippen LogP contribution in [0.25, 0.3) is 0 Å². The summed E-state index contributed by atoms with van der Waals surface area (Å²) in [6.45, 7) is 2.72. The third kappa shape index (κ3) is 3.63. The van der Waals surface area contributed by atoms with Gasteiger partial charge in [-0.05, 0) is 30.7 Å². The first-order chi connectivity index (χ1) is 9.60. The summed E-state index contributed by atoms with van der Waals surface area (Å²) in [5, 5.41) is 3.26. The van der Waals surface area contributed by atoms with Crippen LogP contribution in [0, 0.1) is 11.6 Å². The zero-order valence-corrected chi connectivity index (χ0v) is 11.7. The highest BCUT2D eigenvalue weighted by molar-refractivity contribution is 5.21. The van der Waals surface area contributed by atoms with Gasteiger partial charge in [-0.2, -0.15) is 0 Å². The number of aryl methyl sites for hydroxylation is 2. The predicted molar refractivity (Wildman–Crippen MR) is 74.3 cm³/mol. The average Bonchev–Trinajstić information content (AvgIpc) is 2.79. The molecule has 108 valence electrons. The standard InChI is InChI=1S/C15H19F2N3/c1-3-18-14(4-5-15-19-6-7-20(15)2)11-8-12(16)10-13(17)9-11/h6-10,14,18H,3-5H2,1-2H3. The molecular weight excluding hydrogens is 260 g/mol. The summed E-state index contributed by atoms with van der Waals surface area (Å²) in [6.07, 6.45) is 5.12. The van der Waals surface area contributed by atoms with E-state index >= 15 is 0 Å². The molecule has 0 aliphatic heterocycles. The molecule has 0 fully saturated rings. The second kappa shape index (κ2) is 6.61. The molecule has 0 saturated heterocycles. The van der Waals surface area contributed by atoms with Crippen molar-refractivity contribution in [1.29, 1.82) is 0 Å². The molecule has 2 rings (SSSR count). The Morgan fingerprint density at radius 2 is 1.95 bits per heavy atom. The maximum Gasteiger partial charge on any atom is 0.126 e. The lowest BCUT2D eigenvalue weighted by atomic mass is 10.0. The van der Waals surface area contributed by atoms with Crippen LogP contribution in [0.5, 0.6) is 0 Å². The van der Waals surface area contributed by atoms with Crippen molar-refractivity contribution in [2.45, 2.75) is 25.8 Å². The Kier molecular flexibility index (Phi) is 4.84. The zero-order valence-electron chi connectivity index (χ0n) is 11.7. The minimum Gasteiger partial charge on any atom is -0.338 e. The smallest absolute Gasteiger partial charge is 0.126 e. The van der Waals surface area contributed by atoms with Crippen LogP contribution in [-0.4, -0.2) is 16.1 Å². The summed E-state index contributed by atoms with van der Waals surface area (Å²) in [5.41, 5.74) is 0.638. The fraction of sp³-hybridized carbons (Fsp3) is 0.400. The Balaban J connectivity index is 2.12. The molecule has 0 aliphatic carbocycles. The number of hydrogen-bond donors (Lipinski definition) is 1. The summed E-state index contributed by atoms with van der Waals surface area (Å²) < 4.78 is 28.6. The zero-order chi connectivity index (χ0) is 14.5. The van der Waals surface area contributed by atoms with Crippen molar-refractivity contribution in [2.24, 2.45) is 7.05 Å². The first kappa shape index (κ1) is 14.7. The van der Waals surface area contributed by atoms with Crippen molar-refractivity contribution in [3.8, 4) is 0 Å². The number of rotatable bonds is 6. The third-order valence-corrected chi connectivity index (χ3v) is 3.32. The van der Waals surface area contributed by atoms with Crippen LogP contribution in [0.1, 0.15) is 30.8 Å². The van der Waals surface area contributed by atoms with Gasteiger partial charge in [0.25, 0.3) is 0 Å². The molecule has 1 unspecified atom stereocenters. The summed E-state index contributed by atoms with van der Waals surface area (Å²) in [4.78, 5) is 4.26. The predicted octanol–water partition coefficient (Wildman–Crippen LogP) is 2.98. The summed E-state index contributed by atoms with van der Waals surface area (Å²) in [5.74, 6) is -0.121. The lowest BCUT2D eigenvalue weighted by molar-refractivity contribution is 0.495. The van der Waals surface area contributed by atoms with E-state index in [9.17, 15) is 8.78 Å². The van der Waals surface area contributed by atoms with Crippen molar-refractivity contribution in [2.75, 3.05) is 6.54 Å². The van der Waals surface area contributed by atoms with Gasteiger partial charge in [0.1, 0.15) is 17.5 Å². The topological polar surface area (TPSA) is 29.9 Å². The lowest BCUT2D eigenvalue weighted by Crippen LogP contribution is -2.22. The summed E-state index contributed by atoms with van der Waals surface area (Å²) in [6, 6.07) is 3.58. The number of nitrogens with zero attached hydrogens (tertiary/aromatic N) is 2. The summed E-state index contributed by atoms with van der Waals surface area (Å²) in [7, 11) is 1.94. The van der Waals surface area contributed by atoms with Crippen molar-refractivity contribution >= 4 is 0 Å². The molecule has 1 aromatic carbocycles. The maximum atomic E-state index is 13.3. The van der Waals surface area contributed by atoms with Gasteiger partial charge in [0.2, 0.25) is 0 Å². The van der Waals surface area contributed by atoms with Crippen LogP contribution < -0.4 is 5.32 Å². The first-order valence-corrected chi connectivity index (χ1v) is 6.75. The van der Waals surface area contributed by atoms with E-state index in [-0.39, 0.29) is 6.04 Å². The fourth-order valence-corrected chi connectivity index (χ4v) is 2.32. The fourth-order valence-electron chi connectivity index (χ4n) is 2.32. The van der Waals surface area contributed by atoms with Gasteiger partial charge in [0.05, 0.1) is 0 Å². The van der Waals surface area contributed by atoms with Gasteiger partial charge in [-0.1, -0.05) is 6.92 Å². The van der Waals surface area contributed by atoms with Crippen LogP contribution in [0.3, 0.4) is 0 Å². The largest absolute Gasteiger partial charge is 0.338 e. The molecule has 0 amide bonds. The van der Waals surface area contributed by atoms with Gasteiger partial charge < -0.3 is 9.88 Å². The van der Waals surface area contributed by atoms with Crippen LogP contribution >= 0.6 is 0 Å². The van der Waals surface area contributed by atoms with E-state index in [0.717, 1.165) is 31.3 Å². The molecule has 5 heteroatoms. The van der Waals surface area contributed by atoms with E-state index in [0.29, 0.717) is 5.56 Å². The molecular formula is C15H19F2N3. The molecule has 1 N–H and O–H groups in total. The van der Waals surface area contributed by atoms with E-state index in [1.165, 1.54) is 12.1 Å². The molecule has 1 atom stereocenters. The van der Waals surface area contributed by atoms with E-state index in [2.05, 4.69) is 10.3 Å². The summed E-state index contributed by atoms with van der Waals surface area (Å²) >= 11 is 0. The van der Waals surface area contributed by atoms with Gasteiger partial charge in [-0.15, -0.1) is 0 Å². The maximum absolute atomic E-state index is 13.3. The van der Waals surface area contributed by atoms with Crippen LogP contribution in [0.2, 0.25) is 0 Å². The molecule has 20 heavy (non-hydrogen) atoms. The minimum absolute atomic E-state index is 0.0816. The Labute approximate surface area is 117 Å². The molecule has 0 saturated carbocycles. The van der Waals surface area contributed by atoms with Crippen molar-refractivity contribution in [3.63, 3.8) is 0 Å². The second-order valence-electron chi connectivity index (χ2n) is 4.81. The van der Waals surface area contributed by atoms with Crippen LogP contribution in [0.15, 0.2) is 30.6 Å². The second-order valence-corrected chi connectivity index (χ2v) is 4.81. The number of aromatic nitrogens is 2. The Bertz CT molecular complexity index is 546. The van der Waals surface area contributed by atoms with E-state index in [1.807, 2.05) is 24.7 Å². The highest BCUT2D eigenvalue weighted by atomic mass is 19.1. The van der Waals surface area contributed by atoms with Crippen molar-refractivity contribution < 1.29 is 8.78 Å². The number of benzene rings is 1. The van der Waals surface area contributed by atoms with Gasteiger partial charge in [0, 0.05) is 38.0 Å². The number of imidazole rings is 1. The third-order valence-electron chi connectivity index (χ3n) is 3.32. The van der Waals surface area contributed by atoms with Gasteiger partial charge in [-0.25, -0.2) is 13.8 Å². The van der Waals surface area contributed by atoms with E-state index in [4.69, 9.17) is 0 Å². The van der Waals surface area contributed by atoms with Crippen molar-refractivity contribution in [1.82, 2.24) is 14.9 Å². The minimum atomic E-state index is -0.542. The first-order valence-electron chi connectivity index (χ1n) is 6.75. The normalized spacial score (nSPS) is 12.6. The molecule has 2 aromatic rings. The molecule has 0 spiro atoms. The average molecular weight is 279 g/mol. The lowest BCUT2D eigenvalue weighted by Gasteiger charge is -2.18. The van der Waals surface area contributed by atoms with Crippen LogP contribution in [0.4, 0.5) is 8.78 Å². The Morgan fingerprint density at radius 3 is 2.50 bits per heavy atom.